The Balaban J connectivity index is 2.02. The Kier molecular flexibility index (Phi) is 2.82. The van der Waals surface area contributed by atoms with Crippen molar-refractivity contribution < 1.29 is 14.2 Å². The van der Waals surface area contributed by atoms with Gasteiger partial charge in [-0.05, 0) is 18.3 Å². The molecule has 1 saturated heterocycles. The molecule has 1 saturated carbocycles. The molecule has 0 unspecified atom stereocenters. The van der Waals surface area contributed by atoms with Crippen molar-refractivity contribution in [2.75, 3.05) is 26.9 Å². The quantitative estimate of drug-likeness (QED) is 0.682. The normalized spacial score (nSPS) is 36.4. The zero-order valence-corrected chi connectivity index (χ0v) is 9.17. The van der Waals surface area contributed by atoms with Crippen LogP contribution in [0.3, 0.4) is 0 Å². The lowest BCUT2D eigenvalue weighted by Gasteiger charge is -2.42. The lowest BCUT2D eigenvalue weighted by Crippen LogP contribution is -2.42. The predicted molar refractivity (Wildman–Crippen MR) is 53.1 cm³/mol. The fourth-order valence-corrected chi connectivity index (χ4v) is 2.83. The van der Waals surface area contributed by atoms with Gasteiger partial charge in [0, 0.05) is 20.0 Å². The molecule has 3 nitrogen and oxygen atoms in total. The summed E-state index contributed by atoms with van der Waals surface area (Å²) in [6, 6.07) is 0. The minimum atomic E-state index is -0.272. The van der Waals surface area contributed by atoms with Crippen LogP contribution in [0.2, 0.25) is 0 Å². The summed E-state index contributed by atoms with van der Waals surface area (Å²) in [6.45, 7) is 4.58. The molecule has 3 heteroatoms. The first-order valence-electron chi connectivity index (χ1n) is 5.45. The van der Waals surface area contributed by atoms with Crippen molar-refractivity contribution >= 4 is 0 Å². The predicted octanol–water partition coefficient (Wildman–Crippen LogP) is 1.96. The van der Waals surface area contributed by atoms with Crippen molar-refractivity contribution in [3.8, 4) is 0 Å². The maximum Gasteiger partial charge on any atom is 0.169 e. The van der Waals surface area contributed by atoms with Gasteiger partial charge in [-0.3, -0.25) is 0 Å². The van der Waals surface area contributed by atoms with Gasteiger partial charge < -0.3 is 14.2 Å². The van der Waals surface area contributed by atoms with Gasteiger partial charge >= 0.3 is 0 Å². The summed E-state index contributed by atoms with van der Waals surface area (Å²) in [6.07, 6.45) is 4.43. The van der Waals surface area contributed by atoms with Crippen molar-refractivity contribution in [2.45, 2.75) is 38.4 Å². The molecule has 0 radical (unpaired) electrons. The average molecular weight is 200 g/mol. The van der Waals surface area contributed by atoms with Gasteiger partial charge in [-0.25, -0.2) is 0 Å². The standard InChI is InChI=1S/C11H20O3/c1-10(9-12-2)4-3-5-11(8-10)13-6-7-14-11/h3-9H2,1-2H3/t10-/m1/s1. The topological polar surface area (TPSA) is 27.7 Å². The number of rotatable bonds is 2. The first-order valence-corrected chi connectivity index (χ1v) is 5.45. The van der Waals surface area contributed by atoms with E-state index in [4.69, 9.17) is 14.2 Å². The molecule has 1 spiro atoms. The van der Waals surface area contributed by atoms with E-state index in [2.05, 4.69) is 6.92 Å². The Labute approximate surface area is 85.7 Å². The highest BCUT2D eigenvalue weighted by Gasteiger charge is 2.46. The monoisotopic (exact) mass is 200 g/mol. The second-order valence-electron chi connectivity index (χ2n) is 4.88. The summed E-state index contributed by atoms with van der Waals surface area (Å²) < 4.78 is 16.8. The Morgan fingerprint density at radius 1 is 1.21 bits per heavy atom. The Morgan fingerprint density at radius 2 is 1.93 bits per heavy atom. The molecule has 0 aromatic heterocycles. The fraction of sp³-hybridized carbons (Fsp3) is 1.00. The first kappa shape index (κ1) is 10.4. The van der Waals surface area contributed by atoms with Crippen LogP contribution >= 0.6 is 0 Å². The van der Waals surface area contributed by atoms with E-state index < -0.39 is 0 Å². The van der Waals surface area contributed by atoms with Gasteiger partial charge in [-0.2, -0.15) is 0 Å². The minimum Gasteiger partial charge on any atom is -0.384 e. The second-order valence-corrected chi connectivity index (χ2v) is 4.88. The summed E-state index contributed by atoms with van der Waals surface area (Å²) in [5, 5.41) is 0. The van der Waals surface area contributed by atoms with Crippen molar-refractivity contribution in [1.29, 1.82) is 0 Å². The number of methoxy groups -OCH3 is 1. The zero-order chi connectivity index (χ0) is 10.1. The van der Waals surface area contributed by atoms with Gasteiger partial charge in [-0.15, -0.1) is 0 Å². The molecule has 0 bridgehead atoms. The SMILES string of the molecule is COC[C@]1(C)CCCC2(C1)OCCO2. The third kappa shape index (κ3) is 1.95. The van der Waals surface area contributed by atoms with Crippen molar-refractivity contribution in [3.63, 3.8) is 0 Å². The molecule has 0 aromatic rings. The molecular formula is C11H20O3. The van der Waals surface area contributed by atoms with Crippen molar-refractivity contribution in [2.24, 2.45) is 5.41 Å². The molecule has 2 rings (SSSR count). The lowest BCUT2D eigenvalue weighted by atomic mass is 9.73. The summed E-state index contributed by atoms with van der Waals surface area (Å²) in [7, 11) is 1.77. The van der Waals surface area contributed by atoms with Crippen LogP contribution < -0.4 is 0 Å². The smallest absolute Gasteiger partial charge is 0.169 e. The van der Waals surface area contributed by atoms with Crippen LogP contribution in [0.15, 0.2) is 0 Å². The molecular weight excluding hydrogens is 180 g/mol. The van der Waals surface area contributed by atoms with Crippen molar-refractivity contribution in [1.82, 2.24) is 0 Å². The molecule has 0 aromatic carbocycles. The highest BCUT2D eigenvalue weighted by atomic mass is 16.7. The molecule has 2 fully saturated rings. The van der Waals surface area contributed by atoms with Crippen LogP contribution in [0.4, 0.5) is 0 Å². The Hall–Kier alpha value is -0.120. The lowest BCUT2D eigenvalue weighted by molar-refractivity contribution is -0.205. The van der Waals surface area contributed by atoms with Gasteiger partial charge in [0.15, 0.2) is 5.79 Å². The summed E-state index contributed by atoms with van der Waals surface area (Å²) in [5.41, 5.74) is 0.233. The molecule has 82 valence electrons. The largest absolute Gasteiger partial charge is 0.384 e. The van der Waals surface area contributed by atoms with Gasteiger partial charge in [0.2, 0.25) is 0 Å². The van der Waals surface area contributed by atoms with Crippen LogP contribution in [0, 0.1) is 5.41 Å². The van der Waals surface area contributed by atoms with E-state index in [-0.39, 0.29) is 11.2 Å². The third-order valence-electron chi connectivity index (χ3n) is 3.34. The maximum absolute atomic E-state index is 5.75. The Bertz CT molecular complexity index is 195. The number of hydrogen-bond donors (Lipinski definition) is 0. The molecule has 1 atom stereocenters. The number of ether oxygens (including phenoxy) is 3. The summed E-state index contributed by atoms with van der Waals surface area (Å²) in [4.78, 5) is 0. The molecule has 0 amide bonds. The van der Waals surface area contributed by atoms with Gasteiger partial charge in [0.05, 0.1) is 19.8 Å². The van der Waals surface area contributed by atoms with E-state index in [1.807, 2.05) is 0 Å². The highest BCUT2D eigenvalue weighted by Crippen LogP contribution is 2.45. The molecule has 0 N–H and O–H groups in total. The van der Waals surface area contributed by atoms with Crippen molar-refractivity contribution in [3.05, 3.63) is 0 Å². The van der Waals surface area contributed by atoms with Gasteiger partial charge in [0.25, 0.3) is 0 Å². The highest BCUT2D eigenvalue weighted by molar-refractivity contribution is 4.90. The average Bonchev–Trinajstić information content (AvgIpc) is 2.52. The van der Waals surface area contributed by atoms with E-state index in [1.54, 1.807) is 7.11 Å². The molecule has 1 heterocycles. The molecule has 14 heavy (non-hydrogen) atoms. The summed E-state index contributed by atoms with van der Waals surface area (Å²) >= 11 is 0. The third-order valence-corrected chi connectivity index (χ3v) is 3.34. The van der Waals surface area contributed by atoms with Crippen LogP contribution in [0.5, 0.6) is 0 Å². The zero-order valence-electron chi connectivity index (χ0n) is 9.17. The second kappa shape index (κ2) is 3.80. The van der Waals surface area contributed by atoms with Crippen LogP contribution in [0.1, 0.15) is 32.6 Å². The molecule has 1 aliphatic heterocycles. The van der Waals surface area contributed by atoms with E-state index in [1.165, 1.54) is 12.8 Å². The van der Waals surface area contributed by atoms with E-state index in [9.17, 15) is 0 Å². The minimum absolute atomic E-state index is 0.233. The van der Waals surface area contributed by atoms with Crippen LogP contribution in [0.25, 0.3) is 0 Å². The molecule has 2 aliphatic rings. The van der Waals surface area contributed by atoms with Gasteiger partial charge in [-0.1, -0.05) is 6.92 Å². The van der Waals surface area contributed by atoms with E-state index in [0.717, 1.165) is 32.7 Å². The summed E-state index contributed by atoms with van der Waals surface area (Å²) in [5.74, 6) is -0.272. The van der Waals surface area contributed by atoms with Gasteiger partial charge in [0.1, 0.15) is 0 Å². The maximum atomic E-state index is 5.75. The van der Waals surface area contributed by atoms with Crippen LogP contribution in [-0.2, 0) is 14.2 Å². The first-order chi connectivity index (χ1) is 6.68. The Morgan fingerprint density at radius 3 is 2.57 bits per heavy atom. The molecule has 1 aliphatic carbocycles. The fourth-order valence-electron chi connectivity index (χ4n) is 2.83. The number of hydrogen-bond acceptors (Lipinski definition) is 3. The van der Waals surface area contributed by atoms with E-state index >= 15 is 0 Å². The van der Waals surface area contributed by atoms with Crippen LogP contribution in [-0.4, -0.2) is 32.7 Å². The van der Waals surface area contributed by atoms with E-state index in [0.29, 0.717) is 0 Å².